The minimum atomic E-state index is -2.95. The Hall–Kier alpha value is 0.390. The Balaban J connectivity index is 2.58. The molecule has 0 radical (unpaired) electrons. The van der Waals surface area contributed by atoms with E-state index < -0.39 is 9.84 Å². The minimum Gasteiger partial charge on any atom is -0.384 e. The smallest absolute Gasteiger partial charge is 0.153 e. The van der Waals surface area contributed by atoms with Crippen LogP contribution >= 0.6 is 15.9 Å². The minimum absolute atomic E-state index is 0.00737. The molecule has 90 valence electrons. The van der Waals surface area contributed by atoms with Crippen LogP contribution in [0.4, 0.5) is 0 Å². The van der Waals surface area contributed by atoms with Crippen LogP contribution in [0.1, 0.15) is 25.7 Å². The quantitative estimate of drug-likeness (QED) is 0.705. The van der Waals surface area contributed by atoms with Crippen molar-refractivity contribution in [3.8, 4) is 0 Å². The molecule has 0 N–H and O–H groups in total. The monoisotopic (exact) mass is 298 g/mol. The maximum Gasteiger partial charge on any atom is 0.153 e. The normalized spacial score (nSPS) is 20.7. The van der Waals surface area contributed by atoms with E-state index in [1.165, 1.54) is 7.11 Å². The molecule has 0 heterocycles. The van der Waals surface area contributed by atoms with Crippen molar-refractivity contribution in [1.82, 2.24) is 0 Å². The Labute approximate surface area is 101 Å². The Bertz CT molecular complexity index is 281. The van der Waals surface area contributed by atoms with E-state index in [9.17, 15) is 8.42 Å². The van der Waals surface area contributed by atoms with Crippen LogP contribution in [0.5, 0.6) is 0 Å². The second-order valence-corrected chi connectivity index (χ2v) is 7.17. The molecule has 0 spiro atoms. The van der Waals surface area contributed by atoms with Gasteiger partial charge in [-0.05, 0) is 18.3 Å². The molecular weight excluding hydrogens is 280 g/mol. The zero-order chi connectivity index (χ0) is 11.4. The van der Waals surface area contributed by atoms with Gasteiger partial charge in [-0.1, -0.05) is 28.8 Å². The summed E-state index contributed by atoms with van der Waals surface area (Å²) in [5.41, 5.74) is -0.00737. The summed E-state index contributed by atoms with van der Waals surface area (Å²) >= 11 is 3.46. The van der Waals surface area contributed by atoms with Gasteiger partial charge in [0.15, 0.2) is 9.84 Å². The lowest BCUT2D eigenvalue weighted by molar-refractivity contribution is 0.216. The van der Waals surface area contributed by atoms with Gasteiger partial charge in [-0.2, -0.15) is 0 Å². The van der Waals surface area contributed by atoms with Crippen molar-refractivity contribution in [2.75, 3.05) is 30.6 Å². The fourth-order valence-corrected chi connectivity index (χ4v) is 5.10. The highest BCUT2D eigenvalue weighted by atomic mass is 79.9. The van der Waals surface area contributed by atoms with Gasteiger partial charge < -0.3 is 4.74 Å². The molecular formula is C10H19BrO3S. The first-order chi connectivity index (χ1) is 7.04. The van der Waals surface area contributed by atoms with Crippen molar-refractivity contribution in [3.05, 3.63) is 0 Å². The van der Waals surface area contributed by atoms with Gasteiger partial charge >= 0.3 is 0 Å². The summed E-state index contributed by atoms with van der Waals surface area (Å²) in [4.78, 5) is 0. The summed E-state index contributed by atoms with van der Waals surface area (Å²) in [6.45, 7) is 0.306. The molecule has 0 saturated heterocycles. The highest BCUT2D eigenvalue weighted by Crippen LogP contribution is 2.40. The van der Waals surface area contributed by atoms with E-state index in [0.717, 1.165) is 31.0 Å². The molecule has 3 nitrogen and oxygen atoms in total. The Kier molecular flexibility index (Phi) is 5.06. The van der Waals surface area contributed by atoms with Gasteiger partial charge in [0.1, 0.15) is 0 Å². The molecule has 0 aromatic heterocycles. The number of hydrogen-bond acceptors (Lipinski definition) is 3. The third-order valence-electron chi connectivity index (χ3n) is 3.07. The summed E-state index contributed by atoms with van der Waals surface area (Å²) < 4.78 is 28.4. The highest BCUT2D eigenvalue weighted by molar-refractivity contribution is 9.09. The van der Waals surface area contributed by atoms with Gasteiger partial charge in [0.25, 0.3) is 0 Å². The van der Waals surface area contributed by atoms with Crippen molar-refractivity contribution in [2.24, 2.45) is 5.41 Å². The Morgan fingerprint density at radius 2 is 1.93 bits per heavy atom. The van der Waals surface area contributed by atoms with E-state index in [1.54, 1.807) is 0 Å². The number of sulfone groups is 1. The molecule has 0 aromatic carbocycles. The Morgan fingerprint density at radius 3 is 2.40 bits per heavy atom. The average Bonchev–Trinajstić information content (AvgIpc) is 2.63. The summed E-state index contributed by atoms with van der Waals surface area (Å²) in [7, 11) is -1.42. The molecule has 0 amide bonds. The average molecular weight is 299 g/mol. The van der Waals surface area contributed by atoms with Crippen molar-refractivity contribution >= 4 is 25.8 Å². The number of hydrogen-bond donors (Lipinski definition) is 0. The zero-order valence-corrected chi connectivity index (χ0v) is 11.6. The summed E-state index contributed by atoms with van der Waals surface area (Å²) in [6.07, 6.45) is 4.38. The summed E-state index contributed by atoms with van der Waals surface area (Å²) in [5, 5.41) is 0.798. The van der Waals surface area contributed by atoms with Crippen LogP contribution in [-0.4, -0.2) is 39.0 Å². The Morgan fingerprint density at radius 1 is 1.33 bits per heavy atom. The van der Waals surface area contributed by atoms with E-state index in [2.05, 4.69) is 15.9 Å². The number of rotatable bonds is 6. The lowest BCUT2D eigenvalue weighted by Gasteiger charge is -2.25. The first-order valence-electron chi connectivity index (χ1n) is 5.29. The first kappa shape index (κ1) is 13.5. The van der Waals surface area contributed by atoms with Crippen LogP contribution in [0.2, 0.25) is 0 Å². The van der Waals surface area contributed by atoms with Crippen LogP contribution in [0, 0.1) is 5.41 Å². The van der Waals surface area contributed by atoms with Gasteiger partial charge in [-0.15, -0.1) is 0 Å². The number of ether oxygens (including phenoxy) is 1. The first-order valence-corrected chi connectivity index (χ1v) is 8.23. The highest BCUT2D eigenvalue weighted by Gasteiger charge is 2.36. The summed E-state index contributed by atoms with van der Waals surface area (Å²) in [6, 6.07) is 0. The second kappa shape index (κ2) is 5.64. The van der Waals surface area contributed by atoms with E-state index in [1.807, 2.05) is 0 Å². The van der Waals surface area contributed by atoms with E-state index in [-0.39, 0.29) is 11.2 Å². The van der Waals surface area contributed by atoms with Crippen LogP contribution < -0.4 is 0 Å². The predicted molar refractivity (Wildman–Crippen MR) is 65.2 cm³/mol. The fraction of sp³-hybridized carbons (Fsp3) is 1.00. The van der Waals surface area contributed by atoms with Crippen LogP contribution in [-0.2, 0) is 14.6 Å². The lowest BCUT2D eigenvalue weighted by Crippen LogP contribution is -2.31. The molecule has 1 saturated carbocycles. The molecule has 1 aliphatic carbocycles. The molecule has 1 aliphatic rings. The fourth-order valence-electron chi connectivity index (χ4n) is 2.19. The summed E-state index contributed by atoms with van der Waals surface area (Å²) in [5.74, 6) is 0.465. The van der Waals surface area contributed by atoms with E-state index in [0.29, 0.717) is 12.4 Å². The SMILES string of the molecule is COCCS(=O)(=O)CC1(CBr)CCCC1. The van der Waals surface area contributed by atoms with Crippen molar-refractivity contribution in [2.45, 2.75) is 25.7 Å². The molecule has 0 aliphatic heterocycles. The topological polar surface area (TPSA) is 43.4 Å². The second-order valence-electron chi connectivity index (χ2n) is 4.43. The molecule has 1 rings (SSSR count). The van der Waals surface area contributed by atoms with E-state index in [4.69, 9.17) is 4.74 Å². The van der Waals surface area contributed by atoms with Crippen molar-refractivity contribution in [1.29, 1.82) is 0 Å². The molecule has 15 heavy (non-hydrogen) atoms. The predicted octanol–water partition coefficient (Wildman–Crippen LogP) is 2.00. The maximum atomic E-state index is 11.8. The molecule has 1 fully saturated rings. The van der Waals surface area contributed by atoms with E-state index >= 15 is 0 Å². The van der Waals surface area contributed by atoms with Gasteiger partial charge in [-0.3, -0.25) is 0 Å². The number of alkyl halides is 1. The molecule has 0 aromatic rings. The molecule has 0 atom stereocenters. The molecule has 5 heteroatoms. The van der Waals surface area contributed by atoms with Gasteiger partial charge in [0.2, 0.25) is 0 Å². The van der Waals surface area contributed by atoms with Crippen molar-refractivity contribution in [3.63, 3.8) is 0 Å². The van der Waals surface area contributed by atoms with Crippen LogP contribution in [0.25, 0.3) is 0 Å². The maximum absolute atomic E-state index is 11.8. The standard InChI is InChI=1S/C10H19BrO3S/c1-14-6-7-15(12,13)9-10(8-11)4-2-3-5-10/h2-9H2,1H3. The third-order valence-corrected chi connectivity index (χ3v) is 6.10. The lowest BCUT2D eigenvalue weighted by atomic mass is 9.92. The van der Waals surface area contributed by atoms with Gasteiger partial charge in [0, 0.05) is 12.4 Å². The number of methoxy groups -OCH3 is 1. The largest absolute Gasteiger partial charge is 0.384 e. The molecule has 0 bridgehead atoms. The molecule has 0 unspecified atom stereocenters. The van der Waals surface area contributed by atoms with Gasteiger partial charge in [0.05, 0.1) is 18.1 Å². The van der Waals surface area contributed by atoms with Crippen LogP contribution in [0.15, 0.2) is 0 Å². The van der Waals surface area contributed by atoms with Crippen LogP contribution in [0.3, 0.4) is 0 Å². The number of halogens is 1. The zero-order valence-electron chi connectivity index (χ0n) is 9.17. The van der Waals surface area contributed by atoms with Crippen molar-refractivity contribution < 1.29 is 13.2 Å². The van der Waals surface area contributed by atoms with Gasteiger partial charge in [-0.25, -0.2) is 8.42 Å². The third kappa shape index (κ3) is 4.04.